The molecular formula is C15H17BrO4. The van der Waals surface area contributed by atoms with E-state index in [4.69, 9.17) is 9.47 Å². The van der Waals surface area contributed by atoms with Crippen molar-refractivity contribution < 1.29 is 19.4 Å². The zero-order valence-electron chi connectivity index (χ0n) is 11.4. The first kappa shape index (κ1) is 13.7. The van der Waals surface area contributed by atoms with Crippen molar-refractivity contribution in [1.29, 1.82) is 0 Å². The molecule has 3 rings (SSSR count). The maximum absolute atomic E-state index is 12.0. The number of carboxylic acid groups (broad SMARTS) is 1. The van der Waals surface area contributed by atoms with Gasteiger partial charge in [0.15, 0.2) is 11.5 Å². The predicted molar refractivity (Wildman–Crippen MR) is 77.4 cm³/mol. The van der Waals surface area contributed by atoms with E-state index in [2.05, 4.69) is 15.9 Å². The first-order chi connectivity index (χ1) is 9.56. The fourth-order valence-corrected chi connectivity index (χ4v) is 4.44. The van der Waals surface area contributed by atoms with Crippen LogP contribution in [-0.4, -0.2) is 17.9 Å². The molecule has 0 radical (unpaired) electrons. The summed E-state index contributed by atoms with van der Waals surface area (Å²) in [4.78, 5) is 12.0. The number of carboxylic acids is 1. The first-order valence-electron chi connectivity index (χ1n) is 6.89. The van der Waals surface area contributed by atoms with Crippen LogP contribution < -0.4 is 9.47 Å². The number of halogens is 1. The van der Waals surface area contributed by atoms with Crippen molar-refractivity contribution in [3.8, 4) is 11.5 Å². The molecule has 20 heavy (non-hydrogen) atoms. The lowest BCUT2D eigenvalue weighted by Crippen LogP contribution is -2.38. The topological polar surface area (TPSA) is 55.8 Å². The number of benzene rings is 1. The Labute approximate surface area is 126 Å². The molecule has 0 saturated heterocycles. The van der Waals surface area contributed by atoms with Crippen molar-refractivity contribution in [3.05, 3.63) is 21.7 Å². The predicted octanol–water partition coefficient (Wildman–Crippen LogP) is 3.77. The summed E-state index contributed by atoms with van der Waals surface area (Å²) in [5.41, 5.74) is 1.00. The third kappa shape index (κ3) is 1.91. The highest BCUT2D eigenvalue weighted by Crippen LogP contribution is 2.50. The highest BCUT2D eigenvalue weighted by Gasteiger charge is 2.45. The smallest absolute Gasteiger partial charge is 0.314 e. The van der Waals surface area contributed by atoms with Gasteiger partial charge in [-0.15, -0.1) is 0 Å². The van der Waals surface area contributed by atoms with Crippen LogP contribution in [0.5, 0.6) is 11.5 Å². The van der Waals surface area contributed by atoms with Crippen molar-refractivity contribution >= 4 is 21.9 Å². The summed E-state index contributed by atoms with van der Waals surface area (Å²) < 4.78 is 11.6. The SMILES string of the molecule is Cc1cc2c(c(Br)c1C1(C(=O)O)CCCCC1)OCO2. The van der Waals surface area contributed by atoms with E-state index in [9.17, 15) is 9.90 Å². The van der Waals surface area contributed by atoms with Crippen molar-refractivity contribution in [1.82, 2.24) is 0 Å². The van der Waals surface area contributed by atoms with Crippen molar-refractivity contribution in [2.75, 3.05) is 6.79 Å². The van der Waals surface area contributed by atoms with Crippen molar-refractivity contribution in [3.63, 3.8) is 0 Å². The monoisotopic (exact) mass is 340 g/mol. The number of fused-ring (bicyclic) bond motifs is 1. The summed E-state index contributed by atoms with van der Waals surface area (Å²) in [5.74, 6) is 0.589. The molecule has 1 aliphatic carbocycles. The van der Waals surface area contributed by atoms with Gasteiger partial charge in [0.25, 0.3) is 0 Å². The third-order valence-corrected chi connectivity index (χ3v) is 5.15. The fraction of sp³-hybridized carbons (Fsp3) is 0.533. The van der Waals surface area contributed by atoms with Crippen LogP contribution in [0.1, 0.15) is 43.2 Å². The highest BCUT2D eigenvalue weighted by atomic mass is 79.9. The number of rotatable bonds is 2. The van der Waals surface area contributed by atoms with E-state index in [-0.39, 0.29) is 6.79 Å². The van der Waals surface area contributed by atoms with Gasteiger partial charge < -0.3 is 14.6 Å². The molecule has 1 saturated carbocycles. The van der Waals surface area contributed by atoms with Gasteiger partial charge in [-0.2, -0.15) is 0 Å². The fourth-order valence-electron chi connectivity index (χ4n) is 3.44. The van der Waals surface area contributed by atoms with Gasteiger partial charge in [0.1, 0.15) is 0 Å². The molecule has 0 spiro atoms. The minimum absolute atomic E-state index is 0.191. The summed E-state index contributed by atoms with van der Waals surface area (Å²) in [7, 11) is 0. The second-order valence-corrected chi connectivity index (χ2v) is 6.36. The molecule has 0 atom stereocenters. The molecule has 0 aromatic heterocycles. The number of aryl methyl sites for hydroxylation is 1. The Morgan fingerprint density at radius 1 is 1.30 bits per heavy atom. The van der Waals surface area contributed by atoms with Gasteiger partial charge in [0, 0.05) is 0 Å². The number of carbonyl (C=O) groups is 1. The van der Waals surface area contributed by atoms with Crippen LogP contribution in [-0.2, 0) is 10.2 Å². The van der Waals surface area contributed by atoms with Crippen LogP contribution in [0.2, 0.25) is 0 Å². The van der Waals surface area contributed by atoms with Gasteiger partial charge in [0.2, 0.25) is 6.79 Å². The summed E-state index contributed by atoms with van der Waals surface area (Å²) in [6.45, 7) is 2.14. The van der Waals surface area contributed by atoms with Crippen LogP contribution in [0.15, 0.2) is 10.5 Å². The van der Waals surface area contributed by atoms with Gasteiger partial charge in [-0.25, -0.2) is 0 Å². The van der Waals surface area contributed by atoms with Gasteiger partial charge >= 0.3 is 5.97 Å². The lowest BCUT2D eigenvalue weighted by molar-refractivity contribution is -0.145. The third-order valence-electron chi connectivity index (χ3n) is 4.40. The summed E-state index contributed by atoms with van der Waals surface area (Å²) >= 11 is 3.55. The van der Waals surface area contributed by atoms with Crippen LogP contribution in [0, 0.1) is 6.92 Å². The van der Waals surface area contributed by atoms with E-state index in [1.165, 1.54) is 0 Å². The summed E-state index contributed by atoms with van der Waals surface area (Å²) in [5, 5.41) is 9.85. The Balaban J connectivity index is 2.19. The Bertz CT molecular complexity index is 561. The standard InChI is InChI=1S/C15H17BrO4/c1-9-7-10-13(20-8-19-10)12(16)11(9)15(14(17)18)5-3-2-4-6-15/h7H,2-6,8H2,1H3,(H,17,18). The number of ether oxygens (including phenoxy) is 2. The molecule has 1 aliphatic heterocycles. The molecule has 1 aromatic rings. The van der Waals surface area contributed by atoms with Crippen molar-refractivity contribution in [2.45, 2.75) is 44.4 Å². The molecule has 1 fully saturated rings. The molecule has 5 heteroatoms. The molecule has 1 N–H and O–H groups in total. The highest BCUT2D eigenvalue weighted by molar-refractivity contribution is 9.10. The molecule has 1 aromatic carbocycles. The van der Waals surface area contributed by atoms with E-state index >= 15 is 0 Å². The molecule has 108 valence electrons. The van der Waals surface area contributed by atoms with Gasteiger partial charge in [-0.05, 0) is 52.9 Å². The Kier molecular flexibility index (Phi) is 3.40. The second kappa shape index (κ2) is 4.95. The van der Waals surface area contributed by atoms with E-state index in [1.54, 1.807) is 0 Å². The molecule has 0 bridgehead atoms. The van der Waals surface area contributed by atoms with E-state index < -0.39 is 11.4 Å². The molecule has 2 aliphatic rings. The number of hydrogen-bond acceptors (Lipinski definition) is 3. The molecular weight excluding hydrogens is 324 g/mol. The van der Waals surface area contributed by atoms with Gasteiger partial charge in [-0.3, -0.25) is 4.79 Å². The van der Waals surface area contributed by atoms with E-state index in [0.29, 0.717) is 24.3 Å². The van der Waals surface area contributed by atoms with Crippen LogP contribution in [0.3, 0.4) is 0 Å². The van der Waals surface area contributed by atoms with Gasteiger partial charge in [0.05, 0.1) is 9.89 Å². The minimum atomic E-state index is -0.803. The van der Waals surface area contributed by atoms with Crippen LogP contribution >= 0.6 is 15.9 Å². The summed E-state index contributed by atoms with van der Waals surface area (Å²) in [6, 6.07) is 1.89. The van der Waals surface area contributed by atoms with Crippen LogP contribution in [0.25, 0.3) is 0 Å². The Morgan fingerprint density at radius 2 is 2.00 bits per heavy atom. The maximum Gasteiger partial charge on any atom is 0.314 e. The largest absolute Gasteiger partial charge is 0.481 e. The van der Waals surface area contributed by atoms with E-state index in [0.717, 1.165) is 34.9 Å². The number of hydrogen-bond donors (Lipinski definition) is 1. The average molecular weight is 341 g/mol. The van der Waals surface area contributed by atoms with Crippen LogP contribution in [0.4, 0.5) is 0 Å². The van der Waals surface area contributed by atoms with Gasteiger partial charge in [-0.1, -0.05) is 19.3 Å². The lowest BCUT2D eigenvalue weighted by Gasteiger charge is -2.35. The molecule has 4 nitrogen and oxygen atoms in total. The van der Waals surface area contributed by atoms with E-state index in [1.807, 2.05) is 13.0 Å². The second-order valence-electron chi connectivity index (χ2n) is 5.56. The lowest BCUT2D eigenvalue weighted by atomic mass is 9.68. The quantitative estimate of drug-likeness (QED) is 0.890. The molecule has 0 amide bonds. The van der Waals surface area contributed by atoms with Crippen molar-refractivity contribution in [2.24, 2.45) is 0 Å². The normalized spacial score (nSPS) is 19.9. The zero-order chi connectivity index (χ0) is 14.3. The first-order valence-corrected chi connectivity index (χ1v) is 7.68. The Hall–Kier alpha value is -1.23. The molecule has 0 unspecified atom stereocenters. The summed E-state index contributed by atoms with van der Waals surface area (Å²) in [6.07, 6.45) is 4.37. The number of aliphatic carboxylic acids is 1. The average Bonchev–Trinajstić information content (AvgIpc) is 2.88. The zero-order valence-corrected chi connectivity index (χ0v) is 13.0. The molecule has 1 heterocycles. The maximum atomic E-state index is 12.0. The Morgan fingerprint density at radius 3 is 2.65 bits per heavy atom. The minimum Gasteiger partial charge on any atom is -0.481 e.